The first-order valence-electron chi connectivity index (χ1n) is 7.37. The van der Waals surface area contributed by atoms with E-state index in [1.54, 1.807) is 0 Å². The van der Waals surface area contributed by atoms with Crippen LogP contribution >= 0.6 is 11.7 Å². The normalized spacial score (nSPS) is 14.6. The van der Waals surface area contributed by atoms with Crippen molar-refractivity contribution in [1.29, 1.82) is 0 Å². The van der Waals surface area contributed by atoms with Crippen LogP contribution in [0.2, 0.25) is 0 Å². The molecule has 0 spiro atoms. The molecule has 1 aliphatic heterocycles. The van der Waals surface area contributed by atoms with Gasteiger partial charge >= 0.3 is 0 Å². The summed E-state index contributed by atoms with van der Waals surface area (Å²) in [6.45, 7) is 4.71. The molecular weight excluding hydrogens is 316 g/mol. The van der Waals surface area contributed by atoms with Crippen molar-refractivity contribution in [1.82, 2.24) is 8.75 Å². The topological polar surface area (TPSA) is 76.6 Å². The fourth-order valence-corrected chi connectivity index (χ4v) is 2.72. The summed E-state index contributed by atoms with van der Waals surface area (Å²) in [7, 11) is 0. The molecule has 1 aromatic carbocycles. The monoisotopic (exact) mass is 334 g/mol. The fraction of sp³-hybridized carbons (Fsp3) is 0.400. The highest BCUT2D eigenvalue weighted by Gasteiger charge is 2.20. The number of nitrogens with zero attached hydrogens (tertiary/aromatic N) is 3. The lowest BCUT2D eigenvalue weighted by molar-refractivity contribution is -0.118. The summed E-state index contributed by atoms with van der Waals surface area (Å²) < 4.78 is 19.2. The number of hydrogen-bond acceptors (Lipinski definition) is 7. The van der Waals surface area contributed by atoms with Gasteiger partial charge in [-0.05, 0) is 19.1 Å². The highest BCUT2D eigenvalue weighted by Crippen LogP contribution is 2.26. The molecule has 1 saturated heterocycles. The van der Waals surface area contributed by atoms with E-state index in [0.29, 0.717) is 24.9 Å². The molecular formula is C15H18N4O3S. The Kier molecular flexibility index (Phi) is 5.04. The van der Waals surface area contributed by atoms with Crippen LogP contribution in [0, 0.1) is 6.92 Å². The molecule has 7 nitrogen and oxygen atoms in total. The number of anilines is 2. The first-order chi connectivity index (χ1) is 11.2. The molecule has 0 unspecified atom stereocenters. The van der Waals surface area contributed by atoms with E-state index in [-0.39, 0.29) is 12.5 Å². The number of morpholine rings is 1. The zero-order valence-corrected chi connectivity index (χ0v) is 13.6. The van der Waals surface area contributed by atoms with E-state index >= 15 is 0 Å². The van der Waals surface area contributed by atoms with Gasteiger partial charge in [-0.2, -0.15) is 4.37 Å². The zero-order chi connectivity index (χ0) is 16.1. The number of carbonyl (C=O) groups excluding carboxylic acids is 1. The van der Waals surface area contributed by atoms with Crippen LogP contribution < -0.4 is 15.0 Å². The average molecular weight is 334 g/mol. The zero-order valence-electron chi connectivity index (χ0n) is 12.8. The summed E-state index contributed by atoms with van der Waals surface area (Å²) in [6.07, 6.45) is 0. The third-order valence-corrected chi connectivity index (χ3v) is 3.93. The molecule has 1 aromatic heterocycles. The van der Waals surface area contributed by atoms with Crippen LogP contribution in [0.4, 0.5) is 11.5 Å². The molecule has 0 atom stereocenters. The van der Waals surface area contributed by atoms with Gasteiger partial charge in [0.05, 0.1) is 24.9 Å². The van der Waals surface area contributed by atoms with Crippen LogP contribution in [-0.2, 0) is 9.53 Å². The second-order valence-electron chi connectivity index (χ2n) is 5.20. The van der Waals surface area contributed by atoms with E-state index < -0.39 is 0 Å². The Morgan fingerprint density at radius 3 is 2.78 bits per heavy atom. The van der Waals surface area contributed by atoms with E-state index in [9.17, 15) is 4.79 Å². The lowest BCUT2D eigenvalue weighted by Gasteiger charge is -2.26. The summed E-state index contributed by atoms with van der Waals surface area (Å²) >= 11 is 1.08. The second kappa shape index (κ2) is 7.38. The maximum Gasteiger partial charge on any atom is 0.271 e. The van der Waals surface area contributed by atoms with Crippen LogP contribution in [0.25, 0.3) is 0 Å². The minimum absolute atomic E-state index is 0.101. The van der Waals surface area contributed by atoms with Crippen LogP contribution in [0.15, 0.2) is 24.3 Å². The van der Waals surface area contributed by atoms with Crippen molar-refractivity contribution in [3.8, 4) is 5.88 Å². The molecule has 1 amide bonds. The van der Waals surface area contributed by atoms with E-state index in [2.05, 4.69) is 19.0 Å². The SMILES string of the molecule is Cc1ccc(NC(=O)COc2nsnc2N2CCOCC2)cc1. The number of aryl methyl sites for hydroxylation is 1. The summed E-state index contributed by atoms with van der Waals surface area (Å²) in [5, 5.41) is 2.79. The van der Waals surface area contributed by atoms with E-state index in [1.807, 2.05) is 31.2 Å². The highest BCUT2D eigenvalue weighted by atomic mass is 32.1. The molecule has 3 rings (SSSR count). The van der Waals surface area contributed by atoms with Gasteiger partial charge in [-0.15, -0.1) is 4.37 Å². The van der Waals surface area contributed by atoms with E-state index in [4.69, 9.17) is 9.47 Å². The van der Waals surface area contributed by atoms with E-state index in [0.717, 1.165) is 36.1 Å². The van der Waals surface area contributed by atoms with Gasteiger partial charge in [0.25, 0.3) is 11.8 Å². The van der Waals surface area contributed by atoms with Crippen LogP contribution in [0.5, 0.6) is 5.88 Å². The number of ether oxygens (including phenoxy) is 2. The Morgan fingerprint density at radius 2 is 2.04 bits per heavy atom. The van der Waals surface area contributed by atoms with Crippen molar-refractivity contribution in [3.05, 3.63) is 29.8 Å². The Balaban J connectivity index is 1.55. The fourth-order valence-electron chi connectivity index (χ4n) is 2.20. The highest BCUT2D eigenvalue weighted by molar-refractivity contribution is 6.99. The number of rotatable bonds is 5. The quantitative estimate of drug-likeness (QED) is 0.897. The van der Waals surface area contributed by atoms with Gasteiger partial charge in [0.1, 0.15) is 0 Å². The van der Waals surface area contributed by atoms with Crippen molar-refractivity contribution in [2.45, 2.75) is 6.92 Å². The van der Waals surface area contributed by atoms with Crippen molar-refractivity contribution in [3.63, 3.8) is 0 Å². The maximum atomic E-state index is 12.0. The van der Waals surface area contributed by atoms with Gasteiger partial charge in [-0.3, -0.25) is 4.79 Å². The van der Waals surface area contributed by atoms with Gasteiger partial charge < -0.3 is 19.7 Å². The molecule has 2 aromatic rings. The van der Waals surface area contributed by atoms with E-state index in [1.165, 1.54) is 0 Å². The number of benzene rings is 1. The minimum atomic E-state index is -0.227. The Labute approximate surface area is 138 Å². The Morgan fingerprint density at radius 1 is 1.30 bits per heavy atom. The molecule has 0 radical (unpaired) electrons. The second-order valence-corrected chi connectivity index (χ2v) is 5.72. The van der Waals surface area contributed by atoms with Crippen molar-refractivity contribution >= 4 is 29.1 Å². The first kappa shape index (κ1) is 15.7. The number of hydrogen-bond donors (Lipinski definition) is 1. The largest absolute Gasteiger partial charge is 0.464 e. The molecule has 8 heteroatoms. The number of aromatic nitrogens is 2. The Hall–Kier alpha value is -2.19. The van der Waals surface area contributed by atoms with Crippen molar-refractivity contribution in [2.75, 3.05) is 43.1 Å². The molecule has 1 N–H and O–H groups in total. The summed E-state index contributed by atoms with van der Waals surface area (Å²) in [5.41, 5.74) is 1.89. The van der Waals surface area contributed by atoms with Crippen LogP contribution in [0.1, 0.15) is 5.56 Å². The molecule has 1 aliphatic rings. The minimum Gasteiger partial charge on any atom is -0.464 e. The lowest BCUT2D eigenvalue weighted by atomic mass is 10.2. The molecule has 0 aliphatic carbocycles. The van der Waals surface area contributed by atoms with Crippen molar-refractivity contribution in [2.24, 2.45) is 0 Å². The van der Waals surface area contributed by atoms with Gasteiger partial charge in [-0.25, -0.2) is 0 Å². The average Bonchev–Trinajstić information content (AvgIpc) is 3.04. The van der Waals surface area contributed by atoms with Gasteiger partial charge in [0.15, 0.2) is 6.61 Å². The molecule has 23 heavy (non-hydrogen) atoms. The summed E-state index contributed by atoms with van der Waals surface area (Å²) in [6, 6.07) is 7.60. The Bertz CT molecular complexity index is 653. The summed E-state index contributed by atoms with van der Waals surface area (Å²) in [4.78, 5) is 14.0. The molecule has 2 heterocycles. The predicted molar refractivity (Wildman–Crippen MR) is 88.2 cm³/mol. The van der Waals surface area contributed by atoms with Crippen molar-refractivity contribution < 1.29 is 14.3 Å². The standard InChI is InChI=1S/C15H18N4O3S/c1-11-2-4-12(5-3-11)16-13(20)10-22-15-14(17-23-18-15)19-6-8-21-9-7-19/h2-5H,6-10H2,1H3,(H,16,20). The lowest BCUT2D eigenvalue weighted by Crippen LogP contribution is -2.36. The predicted octanol–water partition coefficient (Wildman–Crippen LogP) is 1.70. The number of amides is 1. The maximum absolute atomic E-state index is 12.0. The van der Waals surface area contributed by atoms with Gasteiger partial charge in [-0.1, -0.05) is 17.7 Å². The molecule has 0 bridgehead atoms. The summed E-state index contributed by atoms with van der Waals surface area (Å²) in [5.74, 6) is 0.854. The van der Waals surface area contributed by atoms with Crippen LogP contribution in [-0.4, -0.2) is 47.6 Å². The molecule has 0 saturated carbocycles. The third kappa shape index (κ3) is 4.17. The molecule has 1 fully saturated rings. The first-order valence-corrected chi connectivity index (χ1v) is 8.10. The van der Waals surface area contributed by atoms with Gasteiger partial charge in [0.2, 0.25) is 5.82 Å². The number of nitrogens with one attached hydrogen (secondary N) is 1. The van der Waals surface area contributed by atoms with Crippen LogP contribution in [0.3, 0.4) is 0 Å². The third-order valence-electron chi connectivity index (χ3n) is 3.43. The van der Waals surface area contributed by atoms with Gasteiger partial charge in [0, 0.05) is 18.8 Å². The smallest absolute Gasteiger partial charge is 0.271 e. The number of carbonyl (C=O) groups is 1. The molecule has 122 valence electrons.